The molecule has 1 aromatic carbocycles. The molecule has 0 saturated carbocycles. The van der Waals surface area contributed by atoms with Crippen molar-refractivity contribution in [2.45, 2.75) is 46.7 Å². The van der Waals surface area contributed by atoms with Gasteiger partial charge in [0.25, 0.3) is 0 Å². The van der Waals surface area contributed by atoms with E-state index in [0.29, 0.717) is 6.04 Å². The summed E-state index contributed by atoms with van der Waals surface area (Å²) < 4.78 is 1.95. The Morgan fingerprint density at radius 1 is 1.20 bits per heavy atom. The minimum Gasteiger partial charge on any atom is -0.306 e. The van der Waals surface area contributed by atoms with Crippen LogP contribution in [0.1, 0.15) is 48.0 Å². The van der Waals surface area contributed by atoms with Gasteiger partial charge in [-0.15, -0.1) is 0 Å². The van der Waals surface area contributed by atoms with Crippen LogP contribution in [0.4, 0.5) is 0 Å². The first-order valence-corrected chi connectivity index (χ1v) is 7.34. The van der Waals surface area contributed by atoms with Gasteiger partial charge in [-0.3, -0.25) is 4.68 Å². The molecule has 1 unspecified atom stereocenters. The number of nitrogens with one attached hydrogen (secondary N) is 1. The summed E-state index contributed by atoms with van der Waals surface area (Å²) in [6.45, 7) is 9.46. The predicted octanol–water partition coefficient (Wildman–Crippen LogP) is 3.45. The first-order chi connectivity index (χ1) is 9.52. The second-order valence-corrected chi connectivity index (χ2v) is 5.47. The maximum Gasteiger partial charge on any atom is 0.0641 e. The minimum atomic E-state index is 0.347. The van der Waals surface area contributed by atoms with Crippen molar-refractivity contribution in [3.63, 3.8) is 0 Å². The van der Waals surface area contributed by atoms with Crippen LogP contribution in [0.2, 0.25) is 0 Å². The number of aromatic nitrogens is 2. The van der Waals surface area contributed by atoms with Gasteiger partial charge in [0.05, 0.1) is 5.69 Å². The highest BCUT2D eigenvalue weighted by Gasteiger charge is 2.11. The van der Waals surface area contributed by atoms with Gasteiger partial charge >= 0.3 is 0 Å². The summed E-state index contributed by atoms with van der Waals surface area (Å²) in [5, 5.41) is 8.05. The monoisotopic (exact) mass is 271 g/mol. The normalized spacial score (nSPS) is 12.7. The third kappa shape index (κ3) is 3.10. The first kappa shape index (κ1) is 14.8. The van der Waals surface area contributed by atoms with E-state index in [4.69, 9.17) is 0 Å². The highest BCUT2D eigenvalue weighted by Crippen LogP contribution is 2.17. The van der Waals surface area contributed by atoms with Gasteiger partial charge in [-0.05, 0) is 38.3 Å². The van der Waals surface area contributed by atoms with Gasteiger partial charge in [0.1, 0.15) is 0 Å². The Balaban J connectivity index is 2.02. The molecule has 2 aromatic rings. The largest absolute Gasteiger partial charge is 0.306 e. The van der Waals surface area contributed by atoms with E-state index in [-0.39, 0.29) is 0 Å². The van der Waals surface area contributed by atoms with E-state index in [2.05, 4.69) is 62.4 Å². The van der Waals surface area contributed by atoms with E-state index in [1.54, 1.807) is 0 Å². The molecule has 0 spiro atoms. The summed E-state index contributed by atoms with van der Waals surface area (Å²) in [6.07, 6.45) is 1.09. The van der Waals surface area contributed by atoms with E-state index in [1.165, 1.54) is 22.4 Å². The second-order valence-electron chi connectivity index (χ2n) is 5.47. The quantitative estimate of drug-likeness (QED) is 0.902. The van der Waals surface area contributed by atoms with Crippen molar-refractivity contribution in [1.29, 1.82) is 0 Å². The zero-order valence-electron chi connectivity index (χ0n) is 13.2. The smallest absolute Gasteiger partial charge is 0.0641 e. The fourth-order valence-corrected chi connectivity index (χ4v) is 2.49. The van der Waals surface area contributed by atoms with E-state index in [0.717, 1.165) is 18.7 Å². The Kier molecular flexibility index (Phi) is 4.61. The van der Waals surface area contributed by atoms with Crippen molar-refractivity contribution < 1.29 is 0 Å². The van der Waals surface area contributed by atoms with Crippen molar-refractivity contribution in [1.82, 2.24) is 15.1 Å². The van der Waals surface area contributed by atoms with E-state index in [1.807, 2.05) is 11.7 Å². The topological polar surface area (TPSA) is 29.9 Å². The number of nitrogens with zero attached hydrogens (tertiary/aromatic N) is 2. The van der Waals surface area contributed by atoms with Gasteiger partial charge in [0.2, 0.25) is 0 Å². The lowest BCUT2D eigenvalue weighted by molar-refractivity contribution is 0.571. The van der Waals surface area contributed by atoms with Gasteiger partial charge in [-0.2, -0.15) is 5.10 Å². The van der Waals surface area contributed by atoms with Crippen LogP contribution in [0.3, 0.4) is 0 Å². The van der Waals surface area contributed by atoms with Crippen LogP contribution in [0, 0.1) is 13.8 Å². The van der Waals surface area contributed by atoms with Crippen molar-refractivity contribution >= 4 is 0 Å². The Morgan fingerprint density at radius 2 is 1.85 bits per heavy atom. The van der Waals surface area contributed by atoms with Crippen LogP contribution in [0.25, 0.3) is 0 Å². The number of aryl methyl sites for hydroxylation is 3. The molecule has 0 amide bonds. The van der Waals surface area contributed by atoms with Gasteiger partial charge in [-0.1, -0.05) is 31.2 Å². The third-order valence-electron chi connectivity index (χ3n) is 4.13. The summed E-state index contributed by atoms with van der Waals surface area (Å²) in [5.74, 6) is 0. The lowest BCUT2D eigenvalue weighted by atomic mass is 10.0. The maximum absolute atomic E-state index is 4.46. The van der Waals surface area contributed by atoms with Crippen LogP contribution < -0.4 is 5.32 Å². The molecule has 0 fully saturated rings. The molecule has 1 aromatic heterocycles. The van der Waals surface area contributed by atoms with Crippen LogP contribution in [-0.4, -0.2) is 9.78 Å². The molecule has 3 heteroatoms. The lowest BCUT2D eigenvalue weighted by Crippen LogP contribution is -2.19. The average molecular weight is 271 g/mol. The summed E-state index contributed by atoms with van der Waals surface area (Å²) >= 11 is 0. The number of rotatable bonds is 5. The molecule has 108 valence electrons. The van der Waals surface area contributed by atoms with Crippen LogP contribution >= 0.6 is 0 Å². The summed E-state index contributed by atoms with van der Waals surface area (Å²) in [5.41, 5.74) is 6.39. The van der Waals surface area contributed by atoms with E-state index >= 15 is 0 Å². The molecule has 0 aliphatic heterocycles. The predicted molar refractivity (Wildman–Crippen MR) is 83.8 cm³/mol. The van der Waals surface area contributed by atoms with Crippen molar-refractivity contribution in [2.75, 3.05) is 0 Å². The SMILES string of the molecule is CCc1ccc(C(C)NCc2c(C)nn(C)c2C)cc1. The molecule has 0 saturated heterocycles. The first-order valence-electron chi connectivity index (χ1n) is 7.34. The fraction of sp³-hybridized carbons (Fsp3) is 0.471. The van der Waals surface area contributed by atoms with Crippen molar-refractivity contribution in [2.24, 2.45) is 7.05 Å². The van der Waals surface area contributed by atoms with Crippen LogP contribution in [0.5, 0.6) is 0 Å². The van der Waals surface area contributed by atoms with Gasteiger partial charge in [-0.25, -0.2) is 0 Å². The molecule has 0 radical (unpaired) electrons. The molecule has 0 aliphatic carbocycles. The Labute approximate surface area is 122 Å². The third-order valence-corrected chi connectivity index (χ3v) is 4.13. The number of benzene rings is 1. The summed E-state index contributed by atoms with van der Waals surface area (Å²) in [4.78, 5) is 0. The van der Waals surface area contributed by atoms with Gasteiger partial charge < -0.3 is 5.32 Å². The van der Waals surface area contributed by atoms with Crippen molar-refractivity contribution in [3.8, 4) is 0 Å². The van der Waals surface area contributed by atoms with Crippen LogP contribution in [0.15, 0.2) is 24.3 Å². The Hall–Kier alpha value is -1.61. The molecule has 1 atom stereocenters. The fourth-order valence-electron chi connectivity index (χ4n) is 2.49. The highest BCUT2D eigenvalue weighted by atomic mass is 15.3. The molecular formula is C17H25N3. The second kappa shape index (κ2) is 6.23. The molecule has 2 rings (SSSR count). The number of hydrogen-bond donors (Lipinski definition) is 1. The van der Waals surface area contributed by atoms with E-state index < -0.39 is 0 Å². The maximum atomic E-state index is 4.46. The van der Waals surface area contributed by atoms with Gasteiger partial charge in [0.15, 0.2) is 0 Å². The molecular weight excluding hydrogens is 246 g/mol. The zero-order chi connectivity index (χ0) is 14.7. The van der Waals surface area contributed by atoms with Crippen LogP contribution in [-0.2, 0) is 20.0 Å². The van der Waals surface area contributed by atoms with Crippen molar-refractivity contribution in [3.05, 3.63) is 52.3 Å². The molecule has 20 heavy (non-hydrogen) atoms. The highest BCUT2D eigenvalue weighted by molar-refractivity contribution is 5.26. The minimum absolute atomic E-state index is 0.347. The molecule has 0 aliphatic rings. The number of hydrogen-bond acceptors (Lipinski definition) is 2. The standard InChI is InChI=1S/C17H25N3/c1-6-15-7-9-16(10-8-15)12(2)18-11-17-13(3)19-20(5)14(17)4/h7-10,12,18H,6,11H2,1-5H3. The average Bonchev–Trinajstić information content (AvgIpc) is 2.70. The molecule has 0 bridgehead atoms. The summed E-state index contributed by atoms with van der Waals surface area (Å²) in [7, 11) is 2.00. The van der Waals surface area contributed by atoms with Gasteiger partial charge in [0, 0.05) is 30.9 Å². The zero-order valence-corrected chi connectivity index (χ0v) is 13.2. The lowest BCUT2D eigenvalue weighted by Gasteiger charge is -2.15. The Morgan fingerprint density at radius 3 is 2.35 bits per heavy atom. The summed E-state index contributed by atoms with van der Waals surface area (Å²) in [6, 6.07) is 9.22. The Bertz CT molecular complexity index is 567. The molecule has 1 heterocycles. The molecule has 1 N–H and O–H groups in total. The van der Waals surface area contributed by atoms with E-state index in [9.17, 15) is 0 Å². The molecule has 3 nitrogen and oxygen atoms in total.